The second kappa shape index (κ2) is 6.91. The summed E-state index contributed by atoms with van der Waals surface area (Å²) in [5, 5.41) is 12.0. The summed E-state index contributed by atoms with van der Waals surface area (Å²) < 4.78 is 5.06. The second-order valence-corrected chi connectivity index (χ2v) is 3.85. The van der Waals surface area contributed by atoms with Crippen molar-refractivity contribution in [1.82, 2.24) is 5.32 Å². The fourth-order valence-electron chi connectivity index (χ4n) is 1.54. The average molecular weight is 237 g/mol. The van der Waals surface area contributed by atoms with Gasteiger partial charge in [-0.1, -0.05) is 19.1 Å². The van der Waals surface area contributed by atoms with Gasteiger partial charge < -0.3 is 15.2 Å². The third kappa shape index (κ3) is 4.44. The van der Waals surface area contributed by atoms with Crippen molar-refractivity contribution >= 4 is 5.91 Å². The predicted octanol–water partition coefficient (Wildman–Crippen LogP) is 1.12. The van der Waals surface area contributed by atoms with Crippen LogP contribution < -0.4 is 10.1 Å². The number of hydrogen-bond acceptors (Lipinski definition) is 3. The molecule has 1 atom stereocenters. The van der Waals surface area contributed by atoms with Crippen LogP contribution in [0.15, 0.2) is 24.3 Å². The van der Waals surface area contributed by atoms with E-state index < -0.39 is 0 Å². The van der Waals surface area contributed by atoms with Crippen LogP contribution in [0.3, 0.4) is 0 Å². The standard InChI is InChI=1S/C13H19NO3/c1-3-13(16)14-11(9-15)8-10-4-6-12(17-2)7-5-10/h4-7,11,15H,3,8-9H2,1-2H3,(H,14,16)/t11-/m0/s1. The van der Waals surface area contributed by atoms with Crippen molar-refractivity contribution in [2.24, 2.45) is 0 Å². The minimum absolute atomic E-state index is 0.0439. The zero-order valence-corrected chi connectivity index (χ0v) is 10.3. The van der Waals surface area contributed by atoms with Gasteiger partial charge in [0, 0.05) is 6.42 Å². The van der Waals surface area contributed by atoms with Gasteiger partial charge in [0.15, 0.2) is 0 Å². The molecule has 1 aromatic rings. The van der Waals surface area contributed by atoms with E-state index in [2.05, 4.69) is 5.32 Å². The van der Waals surface area contributed by atoms with E-state index >= 15 is 0 Å². The van der Waals surface area contributed by atoms with Crippen LogP contribution in [0.2, 0.25) is 0 Å². The van der Waals surface area contributed by atoms with Gasteiger partial charge in [-0.15, -0.1) is 0 Å². The highest BCUT2D eigenvalue weighted by Crippen LogP contribution is 2.12. The highest BCUT2D eigenvalue weighted by Gasteiger charge is 2.10. The van der Waals surface area contributed by atoms with E-state index in [1.165, 1.54) is 0 Å². The van der Waals surface area contributed by atoms with Gasteiger partial charge in [-0.25, -0.2) is 0 Å². The molecule has 1 aromatic carbocycles. The average Bonchev–Trinajstić information content (AvgIpc) is 2.38. The molecule has 0 aliphatic rings. The molecule has 0 fully saturated rings. The summed E-state index contributed by atoms with van der Waals surface area (Å²) in [6.45, 7) is 1.73. The maximum Gasteiger partial charge on any atom is 0.220 e. The normalized spacial score (nSPS) is 11.9. The van der Waals surface area contributed by atoms with Crippen molar-refractivity contribution in [3.63, 3.8) is 0 Å². The lowest BCUT2D eigenvalue weighted by atomic mass is 10.1. The van der Waals surface area contributed by atoms with Crippen molar-refractivity contribution in [1.29, 1.82) is 0 Å². The van der Waals surface area contributed by atoms with Gasteiger partial charge in [-0.3, -0.25) is 4.79 Å². The van der Waals surface area contributed by atoms with Crippen LogP contribution >= 0.6 is 0 Å². The van der Waals surface area contributed by atoms with Crippen LogP contribution in [0.5, 0.6) is 5.75 Å². The molecule has 0 spiro atoms. The summed E-state index contributed by atoms with van der Waals surface area (Å²) in [5.41, 5.74) is 1.06. The van der Waals surface area contributed by atoms with Crippen LogP contribution in [0.25, 0.3) is 0 Å². The second-order valence-electron chi connectivity index (χ2n) is 3.85. The van der Waals surface area contributed by atoms with Gasteiger partial charge in [-0.05, 0) is 24.1 Å². The number of ether oxygens (including phenoxy) is 1. The number of nitrogens with one attached hydrogen (secondary N) is 1. The molecule has 0 bridgehead atoms. The monoisotopic (exact) mass is 237 g/mol. The molecule has 17 heavy (non-hydrogen) atoms. The fraction of sp³-hybridized carbons (Fsp3) is 0.462. The fourth-order valence-corrected chi connectivity index (χ4v) is 1.54. The van der Waals surface area contributed by atoms with Crippen molar-refractivity contribution in [2.75, 3.05) is 13.7 Å². The number of aliphatic hydroxyl groups excluding tert-OH is 1. The van der Waals surface area contributed by atoms with Crippen LogP contribution in [0.1, 0.15) is 18.9 Å². The first-order valence-electron chi connectivity index (χ1n) is 5.72. The largest absolute Gasteiger partial charge is 0.497 e. The van der Waals surface area contributed by atoms with Gasteiger partial charge >= 0.3 is 0 Å². The molecule has 0 radical (unpaired) electrons. The molecule has 4 heteroatoms. The van der Waals surface area contributed by atoms with Crippen molar-refractivity contribution < 1.29 is 14.6 Å². The van der Waals surface area contributed by atoms with Crippen LogP contribution in [-0.2, 0) is 11.2 Å². The van der Waals surface area contributed by atoms with E-state index in [-0.39, 0.29) is 18.6 Å². The SMILES string of the molecule is CCC(=O)N[C@H](CO)Cc1ccc(OC)cc1. The van der Waals surface area contributed by atoms with Gasteiger partial charge in [0.2, 0.25) is 5.91 Å². The summed E-state index contributed by atoms with van der Waals surface area (Å²) in [4.78, 5) is 11.2. The lowest BCUT2D eigenvalue weighted by Crippen LogP contribution is -2.38. The Labute approximate surface area is 102 Å². The number of hydrogen-bond donors (Lipinski definition) is 2. The van der Waals surface area contributed by atoms with Gasteiger partial charge in [0.05, 0.1) is 19.8 Å². The minimum Gasteiger partial charge on any atom is -0.497 e. The Balaban J connectivity index is 2.57. The molecule has 0 saturated heterocycles. The topological polar surface area (TPSA) is 58.6 Å². The molecule has 0 saturated carbocycles. The molecule has 0 unspecified atom stereocenters. The van der Waals surface area contributed by atoms with E-state index in [9.17, 15) is 9.90 Å². The zero-order chi connectivity index (χ0) is 12.7. The van der Waals surface area contributed by atoms with E-state index in [4.69, 9.17) is 4.74 Å². The molecule has 0 heterocycles. The Hall–Kier alpha value is -1.55. The Morgan fingerprint density at radius 3 is 2.53 bits per heavy atom. The maximum atomic E-state index is 11.2. The number of benzene rings is 1. The summed E-state index contributed by atoms with van der Waals surface area (Å²) in [5.74, 6) is 0.754. The number of rotatable bonds is 6. The Bertz CT molecular complexity index is 348. The number of amides is 1. The van der Waals surface area contributed by atoms with Crippen molar-refractivity contribution in [2.45, 2.75) is 25.8 Å². The number of carbonyl (C=O) groups is 1. The molecule has 94 valence electrons. The Morgan fingerprint density at radius 1 is 1.41 bits per heavy atom. The van der Waals surface area contributed by atoms with Gasteiger partial charge in [-0.2, -0.15) is 0 Å². The lowest BCUT2D eigenvalue weighted by Gasteiger charge is -2.16. The van der Waals surface area contributed by atoms with E-state index in [0.717, 1.165) is 11.3 Å². The predicted molar refractivity (Wildman–Crippen MR) is 66.0 cm³/mol. The molecule has 1 rings (SSSR count). The zero-order valence-electron chi connectivity index (χ0n) is 10.3. The number of carbonyl (C=O) groups excluding carboxylic acids is 1. The quantitative estimate of drug-likeness (QED) is 0.779. The first-order valence-corrected chi connectivity index (χ1v) is 5.72. The number of methoxy groups -OCH3 is 1. The van der Waals surface area contributed by atoms with E-state index in [1.54, 1.807) is 14.0 Å². The lowest BCUT2D eigenvalue weighted by molar-refractivity contribution is -0.121. The summed E-state index contributed by atoms with van der Waals surface area (Å²) in [6, 6.07) is 7.37. The molecule has 1 amide bonds. The molecule has 4 nitrogen and oxygen atoms in total. The summed E-state index contributed by atoms with van der Waals surface area (Å²) >= 11 is 0. The van der Waals surface area contributed by atoms with Crippen LogP contribution in [-0.4, -0.2) is 30.8 Å². The van der Waals surface area contributed by atoms with Gasteiger partial charge in [0.25, 0.3) is 0 Å². The maximum absolute atomic E-state index is 11.2. The summed E-state index contributed by atoms with van der Waals surface area (Å²) in [6.07, 6.45) is 1.05. The van der Waals surface area contributed by atoms with Crippen molar-refractivity contribution in [3.05, 3.63) is 29.8 Å². The molecular weight excluding hydrogens is 218 g/mol. The number of aliphatic hydroxyl groups is 1. The third-order valence-corrected chi connectivity index (χ3v) is 2.55. The summed E-state index contributed by atoms with van der Waals surface area (Å²) in [7, 11) is 1.62. The van der Waals surface area contributed by atoms with Gasteiger partial charge in [0.1, 0.15) is 5.75 Å². The Kier molecular flexibility index (Phi) is 5.49. The molecule has 2 N–H and O–H groups in total. The highest BCUT2D eigenvalue weighted by molar-refractivity contribution is 5.75. The van der Waals surface area contributed by atoms with Crippen LogP contribution in [0.4, 0.5) is 0 Å². The van der Waals surface area contributed by atoms with Crippen molar-refractivity contribution in [3.8, 4) is 5.75 Å². The molecule has 0 aliphatic heterocycles. The first kappa shape index (κ1) is 13.5. The third-order valence-electron chi connectivity index (χ3n) is 2.55. The Morgan fingerprint density at radius 2 is 2.06 bits per heavy atom. The smallest absolute Gasteiger partial charge is 0.220 e. The molecule has 0 aliphatic carbocycles. The molecular formula is C13H19NO3. The van der Waals surface area contributed by atoms with E-state index in [1.807, 2.05) is 24.3 Å². The van der Waals surface area contributed by atoms with E-state index in [0.29, 0.717) is 12.8 Å². The minimum atomic E-state index is -0.226. The highest BCUT2D eigenvalue weighted by atomic mass is 16.5. The molecule has 0 aromatic heterocycles. The van der Waals surface area contributed by atoms with Crippen LogP contribution in [0, 0.1) is 0 Å². The first-order chi connectivity index (χ1) is 8.19.